The van der Waals surface area contributed by atoms with Crippen LogP contribution < -0.4 is 11.1 Å². The predicted molar refractivity (Wildman–Crippen MR) is 68.2 cm³/mol. The largest absolute Gasteiger partial charge is 0.348 e. The van der Waals surface area contributed by atoms with Crippen LogP contribution >= 0.6 is 12.4 Å². The van der Waals surface area contributed by atoms with Gasteiger partial charge in [-0.3, -0.25) is 9.48 Å². The molecule has 1 heterocycles. The molecular formula is C11H19ClN4O. The lowest BCUT2D eigenvalue weighted by atomic mass is 10.1. The molecule has 6 heteroatoms. The lowest BCUT2D eigenvalue weighted by molar-refractivity contribution is 0.0933. The van der Waals surface area contributed by atoms with E-state index >= 15 is 0 Å². The van der Waals surface area contributed by atoms with Crippen molar-refractivity contribution in [3.05, 3.63) is 17.5 Å². The molecule has 0 radical (unpaired) electrons. The van der Waals surface area contributed by atoms with Gasteiger partial charge in [-0.1, -0.05) is 0 Å². The Bertz CT molecular complexity index is 400. The highest BCUT2D eigenvalue weighted by molar-refractivity contribution is 5.95. The number of carbonyl (C=O) groups excluding carboxylic acids is 1. The molecule has 1 aromatic rings. The zero-order valence-electron chi connectivity index (χ0n) is 10.1. The summed E-state index contributed by atoms with van der Waals surface area (Å²) in [4.78, 5) is 12.0. The normalized spacial score (nSPS) is 16.2. The minimum absolute atomic E-state index is 0. The van der Waals surface area contributed by atoms with Gasteiger partial charge in [-0.15, -0.1) is 12.4 Å². The van der Waals surface area contributed by atoms with Crippen molar-refractivity contribution >= 4 is 18.3 Å². The molecule has 1 fully saturated rings. The molecule has 0 aliphatic heterocycles. The highest BCUT2D eigenvalue weighted by Crippen LogP contribution is 2.32. The van der Waals surface area contributed by atoms with Gasteiger partial charge in [0, 0.05) is 25.8 Å². The van der Waals surface area contributed by atoms with E-state index in [1.807, 2.05) is 14.0 Å². The third kappa shape index (κ3) is 3.20. The maximum absolute atomic E-state index is 12.0. The van der Waals surface area contributed by atoms with Gasteiger partial charge in [-0.05, 0) is 25.7 Å². The van der Waals surface area contributed by atoms with Crippen LogP contribution in [0.1, 0.15) is 28.9 Å². The SMILES string of the molecule is Cc1nn(C)cc1C(=O)NC(CN)C1CC1.Cl. The number of carbonyl (C=O) groups is 1. The molecule has 0 saturated heterocycles. The second kappa shape index (κ2) is 5.51. The van der Waals surface area contributed by atoms with Crippen LogP contribution in [0.25, 0.3) is 0 Å². The fourth-order valence-electron chi connectivity index (χ4n) is 1.94. The molecule has 1 unspecified atom stereocenters. The molecule has 1 amide bonds. The Labute approximate surface area is 107 Å². The number of amides is 1. The minimum atomic E-state index is -0.0621. The summed E-state index contributed by atoms with van der Waals surface area (Å²) >= 11 is 0. The second-order valence-corrected chi connectivity index (χ2v) is 4.45. The first-order valence-corrected chi connectivity index (χ1v) is 5.63. The summed E-state index contributed by atoms with van der Waals surface area (Å²) in [5.41, 5.74) is 7.04. The van der Waals surface area contributed by atoms with Gasteiger partial charge in [0.15, 0.2) is 0 Å². The van der Waals surface area contributed by atoms with E-state index in [1.165, 1.54) is 12.8 Å². The molecule has 2 rings (SSSR count). The number of hydrogen-bond donors (Lipinski definition) is 2. The topological polar surface area (TPSA) is 72.9 Å². The zero-order valence-corrected chi connectivity index (χ0v) is 11.0. The fraction of sp³-hybridized carbons (Fsp3) is 0.636. The van der Waals surface area contributed by atoms with Crippen molar-refractivity contribution < 1.29 is 4.79 Å². The summed E-state index contributed by atoms with van der Waals surface area (Å²) < 4.78 is 1.65. The molecule has 1 aromatic heterocycles. The summed E-state index contributed by atoms with van der Waals surface area (Å²) in [6, 6.07) is 0.118. The first-order chi connectivity index (χ1) is 7.61. The highest BCUT2D eigenvalue weighted by atomic mass is 35.5. The van der Waals surface area contributed by atoms with Crippen molar-refractivity contribution in [3.63, 3.8) is 0 Å². The minimum Gasteiger partial charge on any atom is -0.348 e. The number of nitrogens with two attached hydrogens (primary N) is 1. The Morgan fingerprint density at radius 2 is 2.35 bits per heavy atom. The van der Waals surface area contributed by atoms with Crippen molar-refractivity contribution in [2.24, 2.45) is 18.7 Å². The number of rotatable bonds is 4. The third-order valence-corrected chi connectivity index (χ3v) is 3.02. The van der Waals surface area contributed by atoms with Gasteiger partial charge in [0.2, 0.25) is 0 Å². The molecule has 96 valence electrons. The molecular weight excluding hydrogens is 240 g/mol. The Hall–Kier alpha value is -1.07. The van der Waals surface area contributed by atoms with Gasteiger partial charge in [-0.25, -0.2) is 0 Å². The first kappa shape index (κ1) is 14.0. The first-order valence-electron chi connectivity index (χ1n) is 5.63. The molecule has 0 bridgehead atoms. The zero-order chi connectivity index (χ0) is 11.7. The average Bonchev–Trinajstić information content (AvgIpc) is 3.01. The molecule has 5 nitrogen and oxygen atoms in total. The average molecular weight is 259 g/mol. The van der Waals surface area contributed by atoms with Crippen molar-refractivity contribution in [2.75, 3.05) is 6.54 Å². The van der Waals surface area contributed by atoms with Crippen LogP contribution in [0.2, 0.25) is 0 Å². The standard InChI is InChI=1S/C11H18N4O.ClH/c1-7-9(6-15(2)14-7)11(16)13-10(5-12)8-3-4-8;/h6,8,10H,3-5,12H2,1-2H3,(H,13,16);1H. The van der Waals surface area contributed by atoms with Crippen LogP contribution in [-0.4, -0.2) is 28.3 Å². The number of hydrogen-bond acceptors (Lipinski definition) is 3. The summed E-state index contributed by atoms with van der Waals surface area (Å²) in [6.45, 7) is 2.35. The smallest absolute Gasteiger partial charge is 0.255 e. The maximum atomic E-state index is 12.0. The van der Waals surface area contributed by atoms with Gasteiger partial charge in [-0.2, -0.15) is 5.10 Å². The lowest BCUT2D eigenvalue weighted by Gasteiger charge is -2.15. The Morgan fingerprint density at radius 1 is 1.71 bits per heavy atom. The van der Waals surface area contributed by atoms with Gasteiger partial charge in [0.05, 0.1) is 11.3 Å². The van der Waals surface area contributed by atoms with Crippen molar-refractivity contribution in [2.45, 2.75) is 25.8 Å². The van der Waals surface area contributed by atoms with Gasteiger partial charge >= 0.3 is 0 Å². The molecule has 3 N–H and O–H groups in total. The number of halogens is 1. The molecule has 1 saturated carbocycles. The van der Waals surface area contributed by atoms with E-state index in [0.717, 1.165) is 5.69 Å². The molecule has 17 heavy (non-hydrogen) atoms. The van der Waals surface area contributed by atoms with E-state index in [9.17, 15) is 4.79 Å². The van der Waals surface area contributed by atoms with Gasteiger partial charge in [0.25, 0.3) is 5.91 Å². The van der Waals surface area contributed by atoms with E-state index < -0.39 is 0 Å². The van der Waals surface area contributed by atoms with Gasteiger partial charge < -0.3 is 11.1 Å². The maximum Gasteiger partial charge on any atom is 0.255 e. The number of aryl methyl sites for hydroxylation is 2. The third-order valence-electron chi connectivity index (χ3n) is 3.02. The number of nitrogens with one attached hydrogen (secondary N) is 1. The molecule has 1 atom stereocenters. The van der Waals surface area contributed by atoms with E-state index in [1.54, 1.807) is 10.9 Å². The Kier molecular flexibility index (Phi) is 4.54. The van der Waals surface area contributed by atoms with Crippen LogP contribution in [0.4, 0.5) is 0 Å². The van der Waals surface area contributed by atoms with Crippen LogP contribution in [0.3, 0.4) is 0 Å². The quantitative estimate of drug-likeness (QED) is 0.832. The lowest BCUT2D eigenvalue weighted by Crippen LogP contribution is -2.41. The van der Waals surface area contributed by atoms with E-state index in [2.05, 4.69) is 10.4 Å². The van der Waals surface area contributed by atoms with Crippen molar-refractivity contribution in [3.8, 4) is 0 Å². The summed E-state index contributed by atoms with van der Waals surface area (Å²) in [7, 11) is 1.81. The Morgan fingerprint density at radius 3 is 2.76 bits per heavy atom. The number of aromatic nitrogens is 2. The fourth-order valence-corrected chi connectivity index (χ4v) is 1.94. The molecule has 1 aliphatic rings. The van der Waals surface area contributed by atoms with E-state index in [-0.39, 0.29) is 24.4 Å². The van der Waals surface area contributed by atoms with Crippen LogP contribution in [0, 0.1) is 12.8 Å². The highest BCUT2D eigenvalue weighted by Gasteiger charge is 2.31. The van der Waals surface area contributed by atoms with E-state index in [4.69, 9.17) is 5.73 Å². The summed E-state index contributed by atoms with van der Waals surface area (Å²) in [6.07, 6.45) is 4.09. The summed E-state index contributed by atoms with van der Waals surface area (Å²) in [5.74, 6) is 0.513. The van der Waals surface area contributed by atoms with Crippen LogP contribution in [0.5, 0.6) is 0 Å². The Balaban J connectivity index is 0.00000144. The molecule has 1 aliphatic carbocycles. The van der Waals surface area contributed by atoms with Crippen LogP contribution in [0.15, 0.2) is 6.20 Å². The van der Waals surface area contributed by atoms with E-state index in [0.29, 0.717) is 18.0 Å². The van der Waals surface area contributed by atoms with Gasteiger partial charge in [0.1, 0.15) is 0 Å². The number of nitrogens with zero attached hydrogens (tertiary/aromatic N) is 2. The predicted octanol–water partition coefficient (Wildman–Crippen LogP) is 0.617. The molecule has 0 aromatic carbocycles. The summed E-state index contributed by atoms with van der Waals surface area (Å²) in [5, 5.41) is 7.13. The van der Waals surface area contributed by atoms with Crippen molar-refractivity contribution in [1.29, 1.82) is 0 Å². The second-order valence-electron chi connectivity index (χ2n) is 4.45. The molecule has 0 spiro atoms. The monoisotopic (exact) mass is 258 g/mol. The van der Waals surface area contributed by atoms with Crippen LogP contribution in [-0.2, 0) is 7.05 Å². The van der Waals surface area contributed by atoms with Crippen molar-refractivity contribution in [1.82, 2.24) is 15.1 Å².